The van der Waals surface area contributed by atoms with Gasteiger partial charge in [0.05, 0.1) is 18.6 Å². The van der Waals surface area contributed by atoms with E-state index in [1.165, 1.54) is 0 Å². The van der Waals surface area contributed by atoms with Gasteiger partial charge in [-0.2, -0.15) is 0 Å². The van der Waals surface area contributed by atoms with Crippen LogP contribution in [0.5, 0.6) is 5.75 Å². The second kappa shape index (κ2) is 6.72. The van der Waals surface area contributed by atoms with Crippen LogP contribution in [0.2, 0.25) is 0 Å². The molecule has 2 heterocycles. The summed E-state index contributed by atoms with van der Waals surface area (Å²) in [7, 11) is 0. The second-order valence-corrected chi connectivity index (χ2v) is 6.15. The van der Waals surface area contributed by atoms with Gasteiger partial charge in [0.25, 0.3) is 0 Å². The van der Waals surface area contributed by atoms with Crippen LogP contribution in [0.1, 0.15) is 32.2 Å². The van der Waals surface area contributed by atoms with Crippen LogP contribution >= 0.6 is 0 Å². The Labute approximate surface area is 126 Å². The first kappa shape index (κ1) is 15.5. The monoisotopic (exact) mass is 288 g/mol. The van der Waals surface area contributed by atoms with E-state index in [4.69, 9.17) is 4.74 Å². The van der Waals surface area contributed by atoms with Gasteiger partial charge in [-0.05, 0) is 39.8 Å². The van der Waals surface area contributed by atoms with Crippen LogP contribution in [0.3, 0.4) is 0 Å². The van der Waals surface area contributed by atoms with Crippen molar-refractivity contribution < 1.29 is 4.74 Å². The molecule has 0 atom stereocenters. The van der Waals surface area contributed by atoms with Crippen LogP contribution in [-0.2, 0) is 13.1 Å². The molecule has 0 aliphatic rings. The average molecular weight is 288 g/mol. The molecule has 0 saturated heterocycles. The molecule has 0 aromatic carbocycles. The van der Waals surface area contributed by atoms with Gasteiger partial charge in [0.2, 0.25) is 0 Å². The Morgan fingerprint density at radius 1 is 1.29 bits per heavy atom. The van der Waals surface area contributed by atoms with E-state index in [9.17, 15) is 0 Å². The van der Waals surface area contributed by atoms with Crippen molar-refractivity contribution in [2.75, 3.05) is 6.61 Å². The van der Waals surface area contributed by atoms with Crippen LogP contribution in [0.25, 0.3) is 0 Å². The third kappa shape index (κ3) is 5.19. The summed E-state index contributed by atoms with van der Waals surface area (Å²) < 4.78 is 7.87. The molecular formula is C16H24N4O. The fourth-order valence-corrected chi connectivity index (χ4v) is 1.88. The highest BCUT2D eigenvalue weighted by molar-refractivity contribution is 5.29. The molecule has 0 saturated carbocycles. The Morgan fingerprint density at radius 2 is 2.10 bits per heavy atom. The molecule has 114 valence electrons. The maximum atomic E-state index is 5.88. The fraction of sp³-hybridized carbons (Fsp3) is 0.500. The summed E-state index contributed by atoms with van der Waals surface area (Å²) in [6.07, 6.45) is 5.49. The average Bonchev–Trinajstić information content (AvgIpc) is 2.91. The molecule has 2 aromatic heterocycles. The van der Waals surface area contributed by atoms with Crippen molar-refractivity contribution >= 4 is 0 Å². The van der Waals surface area contributed by atoms with Crippen molar-refractivity contribution in [3.63, 3.8) is 0 Å². The highest BCUT2D eigenvalue weighted by Gasteiger charge is 2.12. The molecule has 0 radical (unpaired) electrons. The lowest BCUT2D eigenvalue weighted by atomic mass is 10.1. The summed E-state index contributed by atoms with van der Waals surface area (Å²) in [6, 6.07) is 3.98. The minimum absolute atomic E-state index is 0.0551. The van der Waals surface area contributed by atoms with E-state index >= 15 is 0 Å². The molecule has 2 rings (SSSR count). The summed E-state index contributed by atoms with van der Waals surface area (Å²) in [4.78, 5) is 8.60. The van der Waals surface area contributed by atoms with Gasteiger partial charge in [0.15, 0.2) is 0 Å². The van der Waals surface area contributed by atoms with Crippen molar-refractivity contribution in [1.29, 1.82) is 0 Å². The zero-order valence-corrected chi connectivity index (χ0v) is 13.3. The summed E-state index contributed by atoms with van der Waals surface area (Å²) in [6.45, 7) is 10.5. The third-order valence-electron chi connectivity index (χ3n) is 3.02. The molecule has 0 bridgehead atoms. The molecule has 5 nitrogen and oxygen atoms in total. The first-order valence-corrected chi connectivity index (χ1v) is 7.24. The van der Waals surface area contributed by atoms with Crippen molar-refractivity contribution in [2.24, 2.45) is 0 Å². The van der Waals surface area contributed by atoms with Crippen molar-refractivity contribution in [1.82, 2.24) is 19.9 Å². The maximum absolute atomic E-state index is 5.88. The minimum Gasteiger partial charge on any atom is -0.490 e. The molecule has 2 aromatic rings. The standard InChI is InChI=1S/C16H24N4O/c1-13-5-6-15(14(19-13)11-18-16(2,3)4)21-10-9-20-8-7-17-12-20/h5-8,12,18H,9-11H2,1-4H3. The first-order chi connectivity index (χ1) is 9.94. The number of nitrogens with one attached hydrogen (secondary N) is 1. The number of pyridine rings is 1. The molecule has 1 N–H and O–H groups in total. The van der Waals surface area contributed by atoms with Gasteiger partial charge in [0, 0.05) is 30.2 Å². The van der Waals surface area contributed by atoms with Gasteiger partial charge in [0.1, 0.15) is 12.4 Å². The van der Waals surface area contributed by atoms with E-state index in [1.54, 1.807) is 12.5 Å². The third-order valence-corrected chi connectivity index (χ3v) is 3.02. The summed E-state index contributed by atoms with van der Waals surface area (Å²) in [5.41, 5.74) is 2.01. The van der Waals surface area contributed by atoms with Crippen LogP contribution in [0.15, 0.2) is 30.9 Å². The largest absolute Gasteiger partial charge is 0.490 e. The zero-order valence-electron chi connectivity index (χ0n) is 13.3. The number of hydrogen-bond acceptors (Lipinski definition) is 4. The smallest absolute Gasteiger partial charge is 0.142 e. The van der Waals surface area contributed by atoms with E-state index in [0.717, 1.165) is 23.7 Å². The molecule has 21 heavy (non-hydrogen) atoms. The number of aryl methyl sites for hydroxylation is 1. The molecule has 0 aliphatic carbocycles. The highest BCUT2D eigenvalue weighted by Crippen LogP contribution is 2.18. The Bertz CT molecular complexity index is 558. The van der Waals surface area contributed by atoms with Crippen molar-refractivity contribution in [3.8, 4) is 5.75 Å². The van der Waals surface area contributed by atoms with Crippen molar-refractivity contribution in [3.05, 3.63) is 42.2 Å². The Morgan fingerprint density at radius 3 is 2.76 bits per heavy atom. The number of imidazole rings is 1. The molecule has 0 amide bonds. The van der Waals surface area contributed by atoms with Crippen LogP contribution < -0.4 is 10.1 Å². The predicted octanol–water partition coefficient (Wildman–Crippen LogP) is 2.55. The lowest BCUT2D eigenvalue weighted by Crippen LogP contribution is -2.35. The summed E-state index contributed by atoms with van der Waals surface area (Å²) in [5, 5.41) is 3.45. The quantitative estimate of drug-likeness (QED) is 0.887. The molecule has 5 heteroatoms. The Hall–Kier alpha value is -1.88. The van der Waals surface area contributed by atoms with Gasteiger partial charge >= 0.3 is 0 Å². The van der Waals surface area contributed by atoms with Gasteiger partial charge in [-0.1, -0.05) is 0 Å². The predicted molar refractivity (Wildman–Crippen MR) is 83.3 cm³/mol. The molecule has 0 spiro atoms. The lowest BCUT2D eigenvalue weighted by Gasteiger charge is -2.21. The maximum Gasteiger partial charge on any atom is 0.142 e. The Balaban J connectivity index is 1.97. The van der Waals surface area contributed by atoms with Crippen LogP contribution in [0, 0.1) is 6.92 Å². The van der Waals surface area contributed by atoms with E-state index in [2.05, 4.69) is 36.1 Å². The number of ether oxygens (including phenoxy) is 1. The summed E-state index contributed by atoms with van der Waals surface area (Å²) in [5.74, 6) is 0.845. The normalized spacial score (nSPS) is 11.6. The van der Waals surface area contributed by atoms with E-state index in [0.29, 0.717) is 13.2 Å². The van der Waals surface area contributed by atoms with E-state index in [-0.39, 0.29) is 5.54 Å². The second-order valence-electron chi connectivity index (χ2n) is 6.15. The van der Waals surface area contributed by atoms with Crippen LogP contribution in [-0.4, -0.2) is 26.7 Å². The molecule has 0 fully saturated rings. The summed E-state index contributed by atoms with van der Waals surface area (Å²) >= 11 is 0. The van der Waals surface area contributed by atoms with Crippen LogP contribution in [0.4, 0.5) is 0 Å². The minimum atomic E-state index is 0.0551. The SMILES string of the molecule is Cc1ccc(OCCn2ccnc2)c(CNC(C)(C)C)n1. The molecule has 0 unspecified atom stereocenters. The van der Waals surface area contributed by atoms with Gasteiger partial charge in [-0.25, -0.2) is 4.98 Å². The van der Waals surface area contributed by atoms with E-state index < -0.39 is 0 Å². The number of hydrogen-bond donors (Lipinski definition) is 1. The number of rotatable bonds is 6. The van der Waals surface area contributed by atoms with Gasteiger partial charge in [-0.15, -0.1) is 0 Å². The molecule has 0 aliphatic heterocycles. The van der Waals surface area contributed by atoms with Gasteiger partial charge < -0.3 is 14.6 Å². The van der Waals surface area contributed by atoms with E-state index in [1.807, 2.05) is 29.8 Å². The number of nitrogens with zero attached hydrogens (tertiary/aromatic N) is 3. The fourth-order valence-electron chi connectivity index (χ4n) is 1.88. The first-order valence-electron chi connectivity index (χ1n) is 7.24. The Kier molecular flexibility index (Phi) is 4.96. The van der Waals surface area contributed by atoms with Crippen molar-refractivity contribution in [2.45, 2.75) is 46.3 Å². The number of aromatic nitrogens is 3. The lowest BCUT2D eigenvalue weighted by molar-refractivity contribution is 0.291. The van der Waals surface area contributed by atoms with Gasteiger partial charge in [-0.3, -0.25) is 4.98 Å². The highest BCUT2D eigenvalue weighted by atomic mass is 16.5. The zero-order chi connectivity index (χ0) is 15.3. The molecular weight excluding hydrogens is 264 g/mol. The topological polar surface area (TPSA) is 52.0 Å².